The molecule has 5 rings (SSSR count). The Balaban J connectivity index is 1.27. The predicted molar refractivity (Wildman–Crippen MR) is 124 cm³/mol. The highest BCUT2D eigenvalue weighted by atomic mass is 32.1. The Hall–Kier alpha value is -3.84. The minimum atomic E-state index is -0.382. The second kappa shape index (κ2) is 8.01. The van der Waals surface area contributed by atoms with Gasteiger partial charge in [-0.2, -0.15) is 0 Å². The van der Waals surface area contributed by atoms with Crippen molar-refractivity contribution in [3.8, 4) is 11.6 Å². The number of hydrogen-bond donors (Lipinski definition) is 0. The first-order valence-corrected chi connectivity index (χ1v) is 11.0. The third-order valence-corrected chi connectivity index (χ3v) is 6.18. The molecule has 0 spiro atoms. The topological polar surface area (TPSA) is 72.4 Å². The summed E-state index contributed by atoms with van der Waals surface area (Å²) in [4.78, 5) is 35.3. The van der Waals surface area contributed by atoms with Crippen LogP contribution in [-0.4, -0.2) is 32.7 Å². The Morgan fingerprint density at radius 1 is 1.03 bits per heavy atom. The first-order chi connectivity index (χ1) is 15.5. The number of imide groups is 1. The molecule has 0 saturated carbocycles. The molecular formula is C25H19N3O3S. The normalized spacial score (nSPS) is 14.4. The van der Waals surface area contributed by atoms with Crippen LogP contribution in [0.15, 0.2) is 66.9 Å². The van der Waals surface area contributed by atoms with Crippen molar-refractivity contribution in [2.45, 2.75) is 19.9 Å². The summed E-state index contributed by atoms with van der Waals surface area (Å²) in [6.07, 6.45) is 5.35. The van der Waals surface area contributed by atoms with E-state index in [4.69, 9.17) is 4.74 Å². The number of rotatable bonds is 5. The number of carbonyl (C=O) groups is 2. The molecule has 1 atom stereocenters. The van der Waals surface area contributed by atoms with Crippen LogP contribution in [-0.2, 0) is 0 Å². The molecule has 2 amide bonds. The van der Waals surface area contributed by atoms with E-state index in [1.807, 2.05) is 50.3 Å². The lowest BCUT2D eigenvalue weighted by Crippen LogP contribution is -2.36. The molecule has 1 aliphatic rings. The molecule has 158 valence electrons. The number of nitrogens with zero attached hydrogens (tertiary/aromatic N) is 3. The van der Waals surface area contributed by atoms with Gasteiger partial charge in [-0.1, -0.05) is 24.3 Å². The van der Waals surface area contributed by atoms with Crippen LogP contribution in [0, 0.1) is 6.92 Å². The third kappa shape index (κ3) is 3.67. The van der Waals surface area contributed by atoms with E-state index >= 15 is 0 Å². The van der Waals surface area contributed by atoms with Crippen molar-refractivity contribution in [3.63, 3.8) is 0 Å². The first-order valence-electron chi connectivity index (χ1n) is 10.2. The van der Waals surface area contributed by atoms with Gasteiger partial charge in [0, 0.05) is 18.3 Å². The van der Waals surface area contributed by atoms with Crippen molar-refractivity contribution in [1.29, 1.82) is 0 Å². The highest BCUT2D eigenvalue weighted by Crippen LogP contribution is 2.29. The Morgan fingerprint density at radius 2 is 1.78 bits per heavy atom. The lowest BCUT2D eigenvalue weighted by atomic mass is 10.1. The minimum Gasteiger partial charge on any atom is -0.439 e. The number of fused-ring (bicyclic) bond motifs is 2. The fourth-order valence-corrected chi connectivity index (χ4v) is 4.52. The molecule has 32 heavy (non-hydrogen) atoms. The molecular weight excluding hydrogens is 422 g/mol. The van der Waals surface area contributed by atoms with E-state index in [9.17, 15) is 9.59 Å². The van der Waals surface area contributed by atoms with Gasteiger partial charge in [0.1, 0.15) is 5.75 Å². The Kier molecular flexibility index (Phi) is 5.03. The van der Waals surface area contributed by atoms with Crippen LogP contribution in [0.4, 0.5) is 0 Å². The van der Waals surface area contributed by atoms with Gasteiger partial charge in [0.2, 0.25) is 5.88 Å². The lowest BCUT2D eigenvalue weighted by Gasteiger charge is -2.19. The van der Waals surface area contributed by atoms with Crippen molar-refractivity contribution >= 4 is 39.4 Å². The van der Waals surface area contributed by atoms with Gasteiger partial charge in [-0.25, -0.2) is 9.97 Å². The van der Waals surface area contributed by atoms with Crippen molar-refractivity contribution in [2.75, 3.05) is 0 Å². The minimum absolute atomic E-state index is 0.266. The Bertz CT molecular complexity index is 1340. The summed E-state index contributed by atoms with van der Waals surface area (Å²) in [5, 5.41) is 1.02. The molecule has 2 aromatic heterocycles. The van der Waals surface area contributed by atoms with E-state index in [-0.39, 0.29) is 17.9 Å². The average Bonchev–Trinajstić information content (AvgIpc) is 3.29. The fourth-order valence-electron chi connectivity index (χ4n) is 3.67. The zero-order valence-electron chi connectivity index (χ0n) is 17.5. The number of aryl methyl sites for hydroxylation is 1. The number of hydrogen-bond acceptors (Lipinski definition) is 6. The van der Waals surface area contributed by atoms with Gasteiger partial charge < -0.3 is 4.74 Å². The molecule has 2 aromatic carbocycles. The highest BCUT2D eigenvalue weighted by molar-refractivity contribution is 7.18. The second-order valence-corrected chi connectivity index (χ2v) is 8.75. The van der Waals surface area contributed by atoms with Crippen LogP contribution in [0.2, 0.25) is 0 Å². The summed E-state index contributed by atoms with van der Waals surface area (Å²) in [6, 6.07) is 15.9. The standard InChI is InChI=1S/C25H19N3O3S/c1-15(28-24(29)19-5-3-4-6-20(19)25(28)30)7-8-17-9-12-23(26-14-17)31-18-10-11-21-22(13-18)32-16(2)27-21/h3-15H,1-2H3/b8-7+/t15-/m0/s1. The maximum Gasteiger partial charge on any atom is 0.262 e. The molecule has 1 aliphatic heterocycles. The lowest BCUT2D eigenvalue weighted by molar-refractivity contribution is 0.0625. The van der Waals surface area contributed by atoms with E-state index in [0.29, 0.717) is 22.8 Å². The second-order valence-electron chi connectivity index (χ2n) is 7.52. The summed E-state index contributed by atoms with van der Waals surface area (Å²) in [6.45, 7) is 3.80. The summed E-state index contributed by atoms with van der Waals surface area (Å²) in [7, 11) is 0. The smallest absolute Gasteiger partial charge is 0.262 e. The number of amides is 2. The van der Waals surface area contributed by atoms with Crippen molar-refractivity contribution < 1.29 is 14.3 Å². The quantitative estimate of drug-likeness (QED) is 0.383. The van der Waals surface area contributed by atoms with Gasteiger partial charge >= 0.3 is 0 Å². The van der Waals surface area contributed by atoms with Crippen molar-refractivity contribution in [3.05, 3.63) is 88.6 Å². The first kappa shape index (κ1) is 20.1. The Morgan fingerprint density at radius 3 is 2.47 bits per heavy atom. The molecule has 0 unspecified atom stereocenters. The van der Waals surface area contributed by atoms with Gasteiger partial charge in [0.25, 0.3) is 11.8 Å². The maximum absolute atomic E-state index is 12.6. The molecule has 0 bridgehead atoms. The van der Waals surface area contributed by atoms with Gasteiger partial charge in [-0.3, -0.25) is 14.5 Å². The largest absolute Gasteiger partial charge is 0.439 e. The fraction of sp³-hybridized carbons (Fsp3) is 0.120. The van der Waals surface area contributed by atoms with E-state index in [0.717, 1.165) is 20.8 Å². The molecule has 0 N–H and O–H groups in total. The zero-order valence-corrected chi connectivity index (χ0v) is 18.3. The van der Waals surface area contributed by atoms with Gasteiger partial charge in [-0.05, 0) is 49.7 Å². The van der Waals surface area contributed by atoms with Crippen LogP contribution in [0.25, 0.3) is 16.3 Å². The molecule has 0 radical (unpaired) electrons. The van der Waals surface area contributed by atoms with Crippen molar-refractivity contribution in [2.24, 2.45) is 0 Å². The van der Waals surface area contributed by atoms with E-state index in [1.165, 1.54) is 4.90 Å². The van der Waals surface area contributed by atoms with Crippen LogP contribution in [0.5, 0.6) is 11.6 Å². The SMILES string of the molecule is Cc1nc2ccc(Oc3ccc(/C=C/[C@H](C)N4C(=O)c5ccccc5C4=O)cn3)cc2s1. The van der Waals surface area contributed by atoms with E-state index < -0.39 is 0 Å². The average molecular weight is 442 g/mol. The molecule has 4 aromatic rings. The molecule has 6 nitrogen and oxygen atoms in total. The maximum atomic E-state index is 12.6. The number of benzene rings is 2. The van der Waals surface area contributed by atoms with Crippen LogP contribution in [0.1, 0.15) is 38.2 Å². The molecule has 3 heterocycles. The zero-order chi connectivity index (χ0) is 22.2. The summed E-state index contributed by atoms with van der Waals surface area (Å²) in [5.74, 6) is 0.655. The van der Waals surface area contributed by atoms with Crippen LogP contribution >= 0.6 is 11.3 Å². The van der Waals surface area contributed by atoms with Gasteiger partial charge in [0.15, 0.2) is 0 Å². The van der Waals surface area contributed by atoms with E-state index in [1.54, 1.807) is 47.9 Å². The van der Waals surface area contributed by atoms with Crippen LogP contribution < -0.4 is 4.74 Å². The third-order valence-electron chi connectivity index (χ3n) is 5.25. The summed E-state index contributed by atoms with van der Waals surface area (Å²) in [5.41, 5.74) is 2.70. The predicted octanol–water partition coefficient (Wildman–Crippen LogP) is 5.49. The number of thiazole rings is 1. The molecule has 0 saturated heterocycles. The van der Waals surface area contributed by atoms with Gasteiger partial charge in [-0.15, -0.1) is 11.3 Å². The molecule has 0 aliphatic carbocycles. The highest BCUT2D eigenvalue weighted by Gasteiger charge is 2.37. The molecule has 7 heteroatoms. The van der Waals surface area contributed by atoms with E-state index in [2.05, 4.69) is 9.97 Å². The number of pyridine rings is 1. The molecule has 0 fully saturated rings. The monoisotopic (exact) mass is 441 g/mol. The summed E-state index contributed by atoms with van der Waals surface area (Å²) < 4.78 is 6.94. The number of carbonyl (C=O) groups excluding carboxylic acids is 2. The Labute approximate surface area is 188 Å². The number of ether oxygens (including phenoxy) is 1. The summed E-state index contributed by atoms with van der Waals surface area (Å²) >= 11 is 1.62. The van der Waals surface area contributed by atoms with Crippen LogP contribution in [0.3, 0.4) is 0 Å². The van der Waals surface area contributed by atoms with Crippen molar-refractivity contribution in [1.82, 2.24) is 14.9 Å². The number of aromatic nitrogens is 2. The van der Waals surface area contributed by atoms with Gasteiger partial charge in [0.05, 0.1) is 32.4 Å².